The summed E-state index contributed by atoms with van der Waals surface area (Å²) >= 11 is 0. The van der Waals surface area contributed by atoms with Crippen LogP contribution in [0.3, 0.4) is 0 Å². The van der Waals surface area contributed by atoms with Gasteiger partial charge in [0.2, 0.25) is 0 Å². The molecule has 0 heterocycles. The van der Waals surface area contributed by atoms with Crippen molar-refractivity contribution in [3.05, 3.63) is 29.3 Å². The summed E-state index contributed by atoms with van der Waals surface area (Å²) in [6.07, 6.45) is 4.24. The number of benzene rings is 1. The molecule has 3 heteroatoms. The largest absolute Gasteiger partial charge is 0.497 e. The molecule has 1 aromatic carbocycles. The smallest absolute Gasteiger partial charge is 0.119 e. The van der Waals surface area contributed by atoms with Crippen molar-refractivity contribution in [3.8, 4) is 5.75 Å². The molecular weight excluding hydrogens is 238 g/mol. The number of hydrogen-bond donors (Lipinski definition) is 2. The number of methoxy groups -OCH3 is 1. The molecule has 0 aliphatic heterocycles. The van der Waals surface area contributed by atoms with Crippen LogP contribution in [0.4, 0.5) is 0 Å². The van der Waals surface area contributed by atoms with Gasteiger partial charge in [-0.15, -0.1) is 0 Å². The van der Waals surface area contributed by atoms with E-state index >= 15 is 0 Å². The van der Waals surface area contributed by atoms with Crippen LogP contribution in [0.15, 0.2) is 18.2 Å². The van der Waals surface area contributed by atoms with Gasteiger partial charge in [-0.25, -0.2) is 0 Å². The Morgan fingerprint density at radius 2 is 2.26 bits per heavy atom. The van der Waals surface area contributed by atoms with Crippen LogP contribution in [-0.2, 0) is 12.0 Å². The van der Waals surface area contributed by atoms with E-state index in [9.17, 15) is 5.11 Å². The van der Waals surface area contributed by atoms with Crippen molar-refractivity contribution in [3.63, 3.8) is 0 Å². The van der Waals surface area contributed by atoms with E-state index in [1.54, 1.807) is 7.11 Å². The fourth-order valence-corrected chi connectivity index (χ4v) is 2.99. The van der Waals surface area contributed by atoms with Crippen LogP contribution < -0.4 is 10.1 Å². The molecule has 1 aromatic rings. The molecule has 0 bridgehead atoms. The lowest BCUT2D eigenvalue weighted by atomic mass is 9.76. The summed E-state index contributed by atoms with van der Waals surface area (Å²) in [6, 6.07) is 6.62. The van der Waals surface area contributed by atoms with Crippen molar-refractivity contribution in [2.45, 2.75) is 51.1 Å². The monoisotopic (exact) mass is 263 g/mol. The predicted octanol–water partition coefficient (Wildman–Crippen LogP) is 2.61. The van der Waals surface area contributed by atoms with Crippen LogP contribution >= 0.6 is 0 Å². The first kappa shape index (κ1) is 14.4. The van der Waals surface area contributed by atoms with Crippen LogP contribution in [0, 0.1) is 0 Å². The Labute approximate surface area is 116 Å². The predicted molar refractivity (Wildman–Crippen MR) is 77.6 cm³/mol. The first-order chi connectivity index (χ1) is 9.15. The van der Waals surface area contributed by atoms with E-state index in [1.807, 2.05) is 6.07 Å². The minimum absolute atomic E-state index is 0.136. The molecule has 106 valence electrons. The lowest BCUT2D eigenvalue weighted by molar-refractivity contribution is 0.129. The summed E-state index contributed by atoms with van der Waals surface area (Å²) in [4.78, 5) is 0. The first-order valence-electron chi connectivity index (χ1n) is 7.21. The second kappa shape index (κ2) is 5.93. The highest BCUT2D eigenvalue weighted by Crippen LogP contribution is 2.37. The lowest BCUT2D eigenvalue weighted by Crippen LogP contribution is -2.51. The lowest BCUT2D eigenvalue weighted by Gasteiger charge is -2.41. The molecule has 2 unspecified atom stereocenters. The molecule has 1 aliphatic carbocycles. The van der Waals surface area contributed by atoms with Crippen LogP contribution in [0.1, 0.15) is 44.2 Å². The van der Waals surface area contributed by atoms with Gasteiger partial charge in [-0.3, -0.25) is 0 Å². The number of nitrogens with one attached hydrogen (secondary N) is 1. The number of fused-ring (bicyclic) bond motifs is 1. The number of hydrogen-bond acceptors (Lipinski definition) is 3. The Hall–Kier alpha value is -1.06. The quantitative estimate of drug-likeness (QED) is 0.858. The third-order valence-electron chi connectivity index (χ3n) is 4.29. The van der Waals surface area contributed by atoms with Crippen LogP contribution in [0.2, 0.25) is 0 Å². The van der Waals surface area contributed by atoms with Crippen LogP contribution in [-0.4, -0.2) is 24.9 Å². The fraction of sp³-hybridized carbons (Fsp3) is 0.625. The SMILES string of the molecule is CCC(C)NC1(CO)CCCc2ccc(OC)cc21. The van der Waals surface area contributed by atoms with Gasteiger partial charge >= 0.3 is 0 Å². The normalized spacial score (nSPS) is 23.8. The van der Waals surface area contributed by atoms with Gasteiger partial charge in [0.1, 0.15) is 5.75 Å². The maximum absolute atomic E-state index is 9.99. The molecule has 0 spiro atoms. The third-order valence-corrected chi connectivity index (χ3v) is 4.29. The molecule has 0 radical (unpaired) electrons. The molecule has 0 saturated heterocycles. The zero-order chi connectivity index (χ0) is 13.9. The van der Waals surface area contributed by atoms with Crippen molar-refractivity contribution < 1.29 is 9.84 Å². The topological polar surface area (TPSA) is 41.5 Å². The average molecular weight is 263 g/mol. The van der Waals surface area contributed by atoms with Gasteiger partial charge in [0.05, 0.1) is 19.3 Å². The molecule has 0 amide bonds. The summed E-state index contributed by atoms with van der Waals surface area (Å²) in [5.41, 5.74) is 2.23. The van der Waals surface area contributed by atoms with E-state index in [2.05, 4.69) is 31.3 Å². The highest BCUT2D eigenvalue weighted by molar-refractivity contribution is 5.42. The molecule has 2 rings (SSSR count). The number of ether oxygens (including phenoxy) is 1. The van der Waals surface area contributed by atoms with E-state index in [0.29, 0.717) is 6.04 Å². The second-order valence-electron chi connectivity index (χ2n) is 5.57. The second-order valence-corrected chi connectivity index (χ2v) is 5.57. The van der Waals surface area contributed by atoms with Gasteiger partial charge in [-0.05, 0) is 55.9 Å². The highest BCUT2D eigenvalue weighted by atomic mass is 16.5. The summed E-state index contributed by atoms with van der Waals surface area (Å²) < 4.78 is 5.34. The molecule has 2 N–H and O–H groups in total. The van der Waals surface area contributed by atoms with Crippen molar-refractivity contribution in [1.82, 2.24) is 5.32 Å². The number of rotatable bonds is 5. The van der Waals surface area contributed by atoms with Crippen molar-refractivity contribution in [1.29, 1.82) is 0 Å². The number of aryl methyl sites for hydroxylation is 1. The number of aliphatic hydroxyl groups is 1. The van der Waals surface area contributed by atoms with E-state index in [1.165, 1.54) is 11.1 Å². The van der Waals surface area contributed by atoms with E-state index in [0.717, 1.165) is 31.4 Å². The first-order valence-corrected chi connectivity index (χ1v) is 7.21. The summed E-state index contributed by atoms with van der Waals surface area (Å²) in [5, 5.41) is 13.6. The van der Waals surface area contributed by atoms with E-state index in [4.69, 9.17) is 4.74 Å². The zero-order valence-electron chi connectivity index (χ0n) is 12.2. The minimum Gasteiger partial charge on any atom is -0.497 e. The fourth-order valence-electron chi connectivity index (χ4n) is 2.99. The van der Waals surface area contributed by atoms with E-state index < -0.39 is 0 Å². The molecule has 1 aliphatic rings. The minimum atomic E-state index is -0.308. The third kappa shape index (κ3) is 2.77. The molecule has 3 nitrogen and oxygen atoms in total. The van der Waals surface area contributed by atoms with Gasteiger partial charge < -0.3 is 15.2 Å². The Bertz CT molecular complexity index is 433. The number of aliphatic hydroxyl groups excluding tert-OH is 1. The summed E-state index contributed by atoms with van der Waals surface area (Å²) in [7, 11) is 1.69. The van der Waals surface area contributed by atoms with Gasteiger partial charge in [-0.1, -0.05) is 13.0 Å². The van der Waals surface area contributed by atoms with E-state index in [-0.39, 0.29) is 12.1 Å². The maximum Gasteiger partial charge on any atom is 0.119 e. The maximum atomic E-state index is 9.99. The van der Waals surface area contributed by atoms with Crippen LogP contribution in [0.25, 0.3) is 0 Å². The van der Waals surface area contributed by atoms with Gasteiger partial charge in [0, 0.05) is 6.04 Å². The summed E-state index contributed by atoms with van der Waals surface area (Å²) in [6.45, 7) is 4.47. The highest BCUT2D eigenvalue weighted by Gasteiger charge is 2.36. The van der Waals surface area contributed by atoms with Crippen molar-refractivity contribution in [2.75, 3.05) is 13.7 Å². The van der Waals surface area contributed by atoms with Crippen LogP contribution in [0.5, 0.6) is 5.75 Å². The summed E-state index contributed by atoms with van der Waals surface area (Å²) in [5.74, 6) is 0.865. The standard InChI is InChI=1S/C16H25NO2/c1-4-12(2)17-16(11-18)9-5-6-13-7-8-14(19-3)10-15(13)16/h7-8,10,12,17-18H,4-6,9,11H2,1-3H3. The van der Waals surface area contributed by atoms with Crippen molar-refractivity contribution >= 4 is 0 Å². The average Bonchev–Trinajstić information content (AvgIpc) is 2.46. The van der Waals surface area contributed by atoms with Gasteiger partial charge in [-0.2, -0.15) is 0 Å². The molecule has 0 aromatic heterocycles. The van der Waals surface area contributed by atoms with Gasteiger partial charge in [0.15, 0.2) is 0 Å². The molecule has 0 saturated carbocycles. The molecule has 0 fully saturated rings. The Morgan fingerprint density at radius 1 is 1.47 bits per heavy atom. The Kier molecular flexibility index (Phi) is 4.48. The molecular formula is C16H25NO2. The van der Waals surface area contributed by atoms with Crippen molar-refractivity contribution in [2.24, 2.45) is 0 Å². The molecule has 19 heavy (non-hydrogen) atoms. The molecule has 2 atom stereocenters. The Balaban J connectivity index is 2.41. The van der Waals surface area contributed by atoms with Gasteiger partial charge in [0.25, 0.3) is 0 Å². The zero-order valence-corrected chi connectivity index (χ0v) is 12.2. The Morgan fingerprint density at radius 3 is 2.89 bits per heavy atom.